The van der Waals surface area contributed by atoms with Crippen LogP contribution < -0.4 is 5.73 Å². The lowest BCUT2D eigenvalue weighted by Gasteiger charge is -2.33. The minimum Gasteiger partial charge on any atom is -0.398 e. The zero-order valence-electron chi connectivity index (χ0n) is 11.4. The van der Waals surface area contributed by atoms with Gasteiger partial charge in [0.25, 0.3) is 0 Å². The average Bonchev–Trinajstić information content (AvgIpc) is 2.42. The molecule has 1 saturated heterocycles. The third-order valence-electron chi connectivity index (χ3n) is 3.53. The van der Waals surface area contributed by atoms with E-state index >= 15 is 0 Å². The van der Waals surface area contributed by atoms with Crippen molar-refractivity contribution in [3.05, 3.63) is 29.8 Å². The predicted molar refractivity (Wildman–Crippen MR) is 78.6 cm³/mol. The van der Waals surface area contributed by atoms with Crippen molar-refractivity contribution in [1.29, 1.82) is 0 Å². The number of anilines is 1. The second-order valence-corrected chi connectivity index (χ2v) is 6.89. The molecule has 1 aliphatic rings. The number of rotatable bonds is 5. The second kappa shape index (κ2) is 6.53. The van der Waals surface area contributed by atoms with Gasteiger partial charge in [0.1, 0.15) is 0 Å². The van der Waals surface area contributed by atoms with Crippen LogP contribution in [0.25, 0.3) is 0 Å². The molecule has 1 heterocycles. The lowest BCUT2D eigenvalue weighted by molar-refractivity contribution is 0.151. The van der Waals surface area contributed by atoms with Crippen molar-refractivity contribution in [1.82, 2.24) is 9.21 Å². The van der Waals surface area contributed by atoms with Crippen LogP contribution in [0.15, 0.2) is 24.3 Å². The number of β-amino-alcohol motifs (C(OH)–C–C–N with tert-alkyl or cyclic N) is 1. The summed E-state index contributed by atoms with van der Waals surface area (Å²) in [5.41, 5.74) is 6.95. The van der Waals surface area contributed by atoms with Gasteiger partial charge in [-0.3, -0.25) is 4.90 Å². The molecule has 112 valence electrons. The first-order valence-corrected chi connectivity index (χ1v) is 8.28. The van der Waals surface area contributed by atoms with E-state index in [4.69, 9.17) is 10.8 Å². The minimum absolute atomic E-state index is 0.0559. The summed E-state index contributed by atoms with van der Waals surface area (Å²) >= 11 is 0. The number of nitrogens with zero attached hydrogens (tertiary/aromatic N) is 2. The smallest absolute Gasteiger partial charge is 0.218 e. The molecule has 0 saturated carbocycles. The van der Waals surface area contributed by atoms with Gasteiger partial charge in [0, 0.05) is 38.4 Å². The number of aliphatic hydroxyl groups is 1. The molecular weight excluding hydrogens is 278 g/mol. The highest BCUT2D eigenvalue weighted by Crippen LogP contribution is 2.18. The van der Waals surface area contributed by atoms with E-state index in [2.05, 4.69) is 4.90 Å². The fraction of sp³-hybridized carbons (Fsp3) is 0.538. The standard InChI is InChI=1S/C13H21N3O3S/c14-13-4-2-1-3-12(13)11-20(18,19)16-7-5-15(6-8-16)9-10-17/h1-4,17H,5-11,14H2. The summed E-state index contributed by atoms with van der Waals surface area (Å²) in [5, 5.41) is 8.88. The van der Waals surface area contributed by atoms with E-state index in [9.17, 15) is 8.42 Å². The van der Waals surface area contributed by atoms with Crippen molar-refractivity contribution in [2.75, 3.05) is 45.1 Å². The largest absolute Gasteiger partial charge is 0.398 e. The molecule has 0 atom stereocenters. The molecular formula is C13H21N3O3S. The van der Waals surface area contributed by atoms with E-state index < -0.39 is 10.0 Å². The number of aliphatic hydroxyl groups excluding tert-OH is 1. The van der Waals surface area contributed by atoms with E-state index in [1.807, 2.05) is 0 Å². The molecule has 0 spiro atoms. The summed E-state index contributed by atoms with van der Waals surface area (Å²) in [6.07, 6.45) is 0. The van der Waals surface area contributed by atoms with E-state index in [1.54, 1.807) is 24.3 Å². The number of nitrogens with two attached hydrogens (primary N) is 1. The van der Waals surface area contributed by atoms with Crippen molar-refractivity contribution in [3.63, 3.8) is 0 Å². The van der Waals surface area contributed by atoms with Gasteiger partial charge in [-0.15, -0.1) is 0 Å². The normalized spacial score (nSPS) is 18.2. The Morgan fingerprint density at radius 3 is 2.40 bits per heavy atom. The third kappa shape index (κ3) is 3.69. The first kappa shape index (κ1) is 15.2. The van der Waals surface area contributed by atoms with Gasteiger partial charge in [0.15, 0.2) is 0 Å². The first-order chi connectivity index (χ1) is 9.53. The van der Waals surface area contributed by atoms with E-state index in [-0.39, 0.29) is 12.4 Å². The van der Waals surface area contributed by atoms with Crippen molar-refractivity contribution in [2.24, 2.45) is 0 Å². The maximum absolute atomic E-state index is 12.4. The molecule has 7 heteroatoms. The zero-order chi connectivity index (χ0) is 14.6. The van der Waals surface area contributed by atoms with Crippen LogP contribution in [-0.2, 0) is 15.8 Å². The molecule has 0 aromatic heterocycles. The quantitative estimate of drug-likeness (QED) is 0.730. The molecule has 6 nitrogen and oxygen atoms in total. The Balaban J connectivity index is 2.00. The minimum atomic E-state index is -3.33. The monoisotopic (exact) mass is 299 g/mol. The Labute approximate surface area is 119 Å². The van der Waals surface area contributed by atoms with Crippen LogP contribution in [0.3, 0.4) is 0 Å². The number of sulfonamides is 1. The number of hydrogen-bond acceptors (Lipinski definition) is 5. The van der Waals surface area contributed by atoms with Gasteiger partial charge in [-0.25, -0.2) is 8.42 Å². The van der Waals surface area contributed by atoms with Gasteiger partial charge < -0.3 is 10.8 Å². The highest BCUT2D eigenvalue weighted by Gasteiger charge is 2.27. The Bertz CT molecular complexity index is 540. The van der Waals surface area contributed by atoms with Crippen LogP contribution in [0.1, 0.15) is 5.56 Å². The summed E-state index contributed by atoms with van der Waals surface area (Å²) in [6, 6.07) is 7.04. The molecule has 1 aromatic carbocycles. The van der Waals surface area contributed by atoms with Crippen molar-refractivity contribution in [3.8, 4) is 0 Å². The van der Waals surface area contributed by atoms with Crippen LogP contribution in [0.5, 0.6) is 0 Å². The molecule has 0 aliphatic carbocycles. The van der Waals surface area contributed by atoms with Crippen LogP contribution in [-0.4, -0.2) is 62.1 Å². The molecule has 0 unspecified atom stereocenters. The van der Waals surface area contributed by atoms with E-state index in [0.717, 1.165) is 0 Å². The van der Waals surface area contributed by atoms with E-state index in [0.29, 0.717) is 44.0 Å². The lowest BCUT2D eigenvalue weighted by Crippen LogP contribution is -2.49. The molecule has 3 N–H and O–H groups in total. The first-order valence-electron chi connectivity index (χ1n) is 6.67. The molecule has 0 radical (unpaired) electrons. The van der Waals surface area contributed by atoms with Crippen LogP contribution in [0.2, 0.25) is 0 Å². The number of para-hydroxylation sites is 1. The van der Waals surface area contributed by atoms with Crippen molar-refractivity contribution < 1.29 is 13.5 Å². The van der Waals surface area contributed by atoms with Crippen LogP contribution in [0, 0.1) is 0 Å². The average molecular weight is 299 g/mol. The number of benzene rings is 1. The van der Waals surface area contributed by atoms with Crippen LogP contribution in [0.4, 0.5) is 5.69 Å². The van der Waals surface area contributed by atoms with Gasteiger partial charge >= 0.3 is 0 Å². The molecule has 20 heavy (non-hydrogen) atoms. The number of nitrogen functional groups attached to an aromatic ring is 1. The summed E-state index contributed by atoms with van der Waals surface area (Å²) < 4.78 is 26.3. The highest BCUT2D eigenvalue weighted by atomic mass is 32.2. The van der Waals surface area contributed by atoms with Crippen molar-refractivity contribution in [2.45, 2.75) is 5.75 Å². The Hall–Kier alpha value is -1.15. The lowest BCUT2D eigenvalue weighted by atomic mass is 10.2. The summed E-state index contributed by atoms with van der Waals surface area (Å²) in [6.45, 7) is 2.95. The van der Waals surface area contributed by atoms with Gasteiger partial charge in [-0.2, -0.15) is 4.31 Å². The second-order valence-electron chi connectivity index (χ2n) is 4.92. The van der Waals surface area contributed by atoms with Crippen LogP contribution >= 0.6 is 0 Å². The Kier molecular flexibility index (Phi) is 4.98. The fourth-order valence-electron chi connectivity index (χ4n) is 2.33. The number of hydrogen-bond donors (Lipinski definition) is 2. The Morgan fingerprint density at radius 2 is 1.80 bits per heavy atom. The molecule has 1 aromatic rings. The third-order valence-corrected chi connectivity index (χ3v) is 5.36. The van der Waals surface area contributed by atoms with Gasteiger partial charge in [-0.05, 0) is 11.6 Å². The molecule has 1 aliphatic heterocycles. The molecule has 1 fully saturated rings. The van der Waals surface area contributed by atoms with Gasteiger partial charge in [0.05, 0.1) is 12.4 Å². The molecule has 0 bridgehead atoms. The maximum Gasteiger partial charge on any atom is 0.218 e. The van der Waals surface area contributed by atoms with Gasteiger partial charge in [0.2, 0.25) is 10.0 Å². The molecule has 2 rings (SSSR count). The number of piperazine rings is 1. The topological polar surface area (TPSA) is 86.9 Å². The maximum atomic E-state index is 12.4. The zero-order valence-corrected chi connectivity index (χ0v) is 12.2. The summed E-state index contributed by atoms with van der Waals surface area (Å²) in [5.74, 6) is -0.0559. The Morgan fingerprint density at radius 1 is 1.15 bits per heavy atom. The predicted octanol–water partition coefficient (Wildman–Crippen LogP) is -0.291. The fourth-order valence-corrected chi connectivity index (χ4v) is 3.88. The van der Waals surface area contributed by atoms with E-state index in [1.165, 1.54) is 4.31 Å². The highest BCUT2D eigenvalue weighted by molar-refractivity contribution is 7.88. The van der Waals surface area contributed by atoms with Gasteiger partial charge in [-0.1, -0.05) is 18.2 Å². The van der Waals surface area contributed by atoms with Crippen molar-refractivity contribution >= 4 is 15.7 Å². The SMILES string of the molecule is Nc1ccccc1CS(=O)(=O)N1CCN(CCO)CC1. The summed E-state index contributed by atoms with van der Waals surface area (Å²) in [7, 11) is -3.33. The molecule has 0 amide bonds. The summed E-state index contributed by atoms with van der Waals surface area (Å²) in [4.78, 5) is 2.06.